The molecule has 0 aromatic heterocycles. The third-order valence-electron chi connectivity index (χ3n) is 3.43. The Kier molecular flexibility index (Phi) is 4.37. The van der Waals surface area contributed by atoms with Crippen molar-refractivity contribution in [1.29, 1.82) is 0 Å². The van der Waals surface area contributed by atoms with E-state index in [-0.39, 0.29) is 0 Å². The van der Waals surface area contributed by atoms with Gasteiger partial charge in [0, 0.05) is 6.54 Å². The van der Waals surface area contributed by atoms with Crippen LogP contribution in [0.15, 0.2) is 23.2 Å². The highest BCUT2D eigenvalue weighted by Gasteiger charge is 2.18. The lowest BCUT2D eigenvalue weighted by atomic mass is 10.0. The number of methoxy groups -OCH3 is 1. The first-order valence-electron chi connectivity index (χ1n) is 6.65. The molecule has 0 N–H and O–H groups in total. The zero-order valence-corrected chi connectivity index (χ0v) is 11.6. The van der Waals surface area contributed by atoms with Crippen LogP contribution in [-0.2, 0) is 17.6 Å². The number of likely N-dealkylation sites (N-methyl/N-ethyl adjacent to an activating group) is 1. The van der Waals surface area contributed by atoms with E-state index < -0.39 is 0 Å². The molecule has 2 rings (SSSR count). The Hall–Kier alpha value is -1.35. The van der Waals surface area contributed by atoms with Crippen LogP contribution < -0.4 is 0 Å². The maximum atomic E-state index is 5.25. The Morgan fingerprint density at radius 2 is 2.17 bits per heavy atom. The normalized spacial score (nSPS) is 13.7. The molecule has 98 valence electrons. The molecular formula is C15H22N2O. The fourth-order valence-corrected chi connectivity index (χ4v) is 2.41. The van der Waals surface area contributed by atoms with Crippen LogP contribution in [0.3, 0.4) is 0 Å². The molecule has 3 heteroatoms. The fraction of sp³-hybridized carbons (Fsp3) is 0.533. The first-order valence-corrected chi connectivity index (χ1v) is 6.65. The quantitative estimate of drug-likeness (QED) is 0.798. The number of nitrogens with zero attached hydrogens (tertiary/aromatic N) is 2. The molecule has 1 aliphatic heterocycles. The number of hydrogen-bond acceptors (Lipinski definition) is 3. The Balaban J connectivity index is 2.03. The minimum absolute atomic E-state index is 0.833. The summed E-state index contributed by atoms with van der Waals surface area (Å²) in [5, 5.41) is 0. The zero-order valence-electron chi connectivity index (χ0n) is 11.6. The molecule has 0 spiro atoms. The van der Waals surface area contributed by atoms with E-state index >= 15 is 0 Å². The van der Waals surface area contributed by atoms with Gasteiger partial charge in [-0.1, -0.05) is 19.1 Å². The molecule has 1 aromatic carbocycles. The largest absolute Gasteiger partial charge is 0.484 e. The lowest BCUT2D eigenvalue weighted by Gasteiger charge is -2.16. The summed E-state index contributed by atoms with van der Waals surface area (Å²) in [6.45, 7) is 4.48. The maximum absolute atomic E-state index is 5.25. The maximum Gasteiger partial charge on any atom is 0.192 e. The van der Waals surface area contributed by atoms with E-state index in [4.69, 9.17) is 4.74 Å². The summed E-state index contributed by atoms with van der Waals surface area (Å²) in [5.74, 6) is 0.833. The van der Waals surface area contributed by atoms with Crippen molar-refractivity contribution >= 4 is 11.6 Å². The van der Waals surface area contributed by atoms with E-state index in [1.54, 1.807) is 7.11 Å². The molecule has 0 unspecified atom stereocenters. The van der Waals surface area contributed by atoms with Crippen LogP contribution in [-0.4, -0.2) is 38.0 Å². The van der Waals surface area contributed by atoms with Crippen LogP contribution in [0.1, 0.15) is 24.5 Å². The lowest BCUT2D eigenvalue weighted by molar-refractivity contribution is 0.339. The highest BCUT2D eigenvalue weighted by Crippen LogP contribution is 2.30. The summed E-state index contributed by atoms with van der Waals surface area (Å²) < 4.78 is 5.25. The monoisotopic (exact) mass is 246 g/mol. The molecule has 0 saturated heterocycles. The predicted molar refractivity (Wildman–Crippen MR) is 75.7 cm³/mol. The van der Waals surface area contributed by atoms with Crippen molar-refractivity contribution in [3.05, 3.63) is 29.3 Å². The Morgan fingerprint density at radius 3 is 2.89 bits per heavy atom. The number of ether oxygens (including phenoxy) is 1. The summed E-state index contributed by atoms with van der Waals surface area (Å²) in [6, 6.07) is 6.38. The fourth-order valence-electron chi connectivity index (χ4n) is 2.41. The number of fused-ring (bicyclic) bond motifs is 1. The molecule has 1 aliphatic rings. The van der Waals surface area contributed by atoms with Crippen LogP contribution in [0, 0.1) is 0 Å². The van der Waals surface area contributed by atoms with Crippen molar-refractivity contribution in [3.8, 4) is 0 Å². The average Bonchev–Trinajstić information content (AvgIpc) is 2.80. The summed E-state index contributed by atoms with van der Waals surface area (Å²) in [5.41, 5.74) is 3.84. The second-order valence-electron chi connectivity index (χ2n) is 4.85. The molecule has 0 fully saturated rings. The average molecular weight is 246 g/mol. The molecule has 18 heavy (non-hydrogen) atoms. The van der Waals surface area contributed by atoms with E-state index in [0.29, 0.717) is 0 Å². The summed E-state index contributed by atoms with van der Waals surface area (Å²) >= 11 is 0. The van der Waals surface area contributed by atoms with Gasteiger partial charge >= 0.3 is 0 Å². The van der Waals surface area contributed by atoms with Gasteiger partial charge < -0.3 is 9.64 Å². The van der Waals surface area contributed by atoms with Gasteiger partial charge in [0.25, 0.3) is 0 Å². The Labute approximate surface area is 109 Å². The van der Waals surface area contributed by atoms with Gasteiger partial charge in [0.1, 0.15) is 0 Å². The minimum Gasteiger partial charge on any atom is -0.484 e. The predicted octanol–water partition coefficient (Wildman–Crippen LogP) is 2.80. The van der Waals surface area contributed by atoms with Crippen LogP contribution in [0.4, 0.5) is 5.69 Å². The van der Waals surface area contributed by atoms with Gasteiger partial charge in [-0.25, -0.2) is 4.99 Å². The van der Waals surface area contributed by atoms with E-state index in [9.17, 15) is 0 Å². The van der Waals surface area contributed by atoms with Crippen molar-refractivity contribution in [2.75, 3.05) is 27.2 Å². The second-order valence-corrected chi connectivity index (χ2v) is 4.85. The van der Waals surface area contributed by atoms with Crippen LogP contribution in [0.5, 0.6) is 0 Å². The third-order valence-corrected chi connectivity index (χ3v) is 3.43. The first-order chi connectivity index (χ1) is 8.74. The first kappa shape index (κ1) is 13.1. The van der Waals surface area contributed by atoms with E-state index in [0.717, 1.165) is 37.5 Å². The molecule has 3 nitrogen and oxygen atoms in total. The zero-order chi connectivity index (χ0) is 13.0. The Morgan fingerprint density at radius 1 is 1.33 bits per heavy atom. The second kappa shape index (κ2) is 6.01. The standard InChI is InChI=1S/C15H22N2O/c1-4-9-17(2)10-8-12-6-5-7-14-13(12)11-15(16-14)18-3/h5-7H,4,8-11H2,1-3H3. The number of rotatable bonds is 5. The molecule has 0 saturated carbocycles. The van der Waals surface area contributed by atoms with Crippen molar-refractivity contribution in [1.82, 2.24) is 4.90 Å². The van der Waals surface area contributed by atoms with Crippen molar-refractivity contribution in [2.45, 2.75) is 26.2 Å². The summed E-state index contributed by atoms with van der Waals surface area (Å²) in [4.78, 5) is 6.86. The van der Waals surface area contributed by atoms with Crippen LogP contribution >= 0.6 is 0 Å². The van der Waals surface area contributed by atoms with Gasteiger partial charge in [0.2, 0.25) is 0 Å². The molecule has 0 radical (unpaired) electrons. The van der Waals surface area contributed by atoms with Gasteiger partial charge in [0.15, 0.2) is 5.90 Å². The summed E-state index contributed by atoms with van der Waals surface area (Å²) in [7, 11) is 3.88. The number of benzene rings is 1. The van der Waals surface area contributed by atoms with E-state index in [1.807, 2.05) is 0 Å². The van der Waals surface area contributed by atoms with Gasteiger partial charge in [0.05, 0.1) is 19.2 Å². The molecule has 1 aromatic rings. The lowest BCUT2D eigenvalue weighted by Crippen LogP contribution is -2.22. The molecular weight excluding hydrogens is 224 g/mol. The van der Waals surface area contributed by atoms with Gasteiger partial charge in [-0.2, -0.15) is 0 Å². The molecule has 0 atom stereocenters. The van der Waals surface area contributed by atoms with Gasteiger partial charge in [-0.15, -0.1) is 0 Å². The van der Waals surface area contributed by atoms with E-state index in [2.05, 4.69) is 42.1 Å². The van der Waals surface area contributed by atoms with Crippen LogP contribution in [0.2, 0.25) is 0 Å². The number of aliphatic imine (C=N–C) groups is 1. The third kappa shape index (κ3) is 2.91. The van der Waals surface area contributed by atoms with E-state index in [1.165, 1.54) is 17.5 Å². The molecule has 0 aliphatic carbocycles. The molecule has 0 bridgehead atoms. The van der Waals surface area contributed by atoms with Crippen molar-refractivity contribution in [3.63, 3.8) is 0 Å². The highest BCUT2D eigenvalue weighted by atomic mass is 16.5. The molecule has 0 amide bonds. The van der Waals surface area contributed by atoms with Gasteiger partial charge in [-0.3, -0.25) is 0 Å². The molecule has 1 heterocycles. The Bertz CT molecular complexity index is 440. The SMILES string of the molecule is CCCN(C)CCc1cccc2c1CC(OC)=N2. The van der Waals surface area contributed by atoms with Gasteiger partial charge in [-0.05, 0) is 43.6 Å². The van der Waals surface area contributed by atoms with Crippen LogP contribution in [0.25, 0.3) is 0 Å². The minimum atomic E-state index is 0.833. The highest BCUT2D eigenvalue weighted by molar-refractivity contribution is 5.88. The smallest absolute Gasteiger partial charge is 0.192 e. The number of hydrogen-bond donors (Lipinski definition) is 0. The summed E-state index contributed by atoms with van der Waals surface area (Å²) in [6.07, 6.45) is 3.14. The van der Waals surface area contributed by atoms with Crippen molar-refractivity contribution in [2.24, 2.45) is 4.99 Å². The van der Waals surface area contributed by atoms with Crippen molar-refractivity contribution < 1.29 is 4.74 Å². The topological polar surface area (TPSA) is 24.8 Å².